The highest BCUT2D eigenvalue weighted by Crippen LogP contribution is 2.21. The molecule has 0 bridgehead atoms. The third kappa shape index (κ3) is 3.28. The quantitative estimate of drug-likeness (QED) is 0.458. The van der Waals surface area contributed by atoms with Gasteiger partial charge in [0.05, 0.1) is 6.10 Å². The van der Waals surface area contributed by atoms with E-state index in [1.54, 1.807) is 0 Å². The molecule has 1 aromatic rings. The Morgan fingerprint density at radius 2 is 2.00 bits per heavy atom. The molecular formula is C11H19N5O. The molecule has 5 N–H and O–H groups in total. The average Bonchev–Trinajstić information content (AvgIpc) is 2.31. The molecule has 1 aliphatic carbocycles. The highest BCUT2D eigenvalue weighted by atomic mass is 16.3. The van der Waals surface area contributed by atoms with Gasteiger partial charge in [0.25, 0.3) is 0 Å². The van der Waals surface area contributed by atoms with Gasteiger partial charge >= 0.3 is 0 Å². The van der Waals surface area contributed by atoms with Crippen molar-refractivity contribution in [2.24, 2.45) is 5.84 Å². The standard InChI is InChI=1S/C11H19N5O/c1-7-6-10(15-11(13-7)16-12)14-8-2-4-9(17)5-3-8/h6,8-9,17H,2-5,12H2,1H3,(H2,13,14,15,16). The minimum absolute atomic E-state index is 0.138. The first-order valence-corrected chi connectivity index (χ1v) is 5.94. The van der Waals surface area contributed by atoms with Gasteiger partial charge in [0, 0.05) is 17.8 Å². The van der Waals surface area contributed by atoms with Gasteiger partial charge in [-0.1, -0.05) is 0 Å². The van der Waals surface area contributed by atoms with Crippen LogP contribution in [0.25, 0.3) is 0 Å². The molecule has 0 spiro atoms. The van der Waals surface area contributed by atoms with Crippen molar-refractivity contribution in [1.29, 1.82) is 0 Å². The maximum atomic E-state index is 9.44. The van der Waals surface area contributed by atoms with Gasteiger partial charge in [-0.25, -0.2) is 10.8 Å². The van der Waals surface area contributed by atoms with Crippen molar-refractivity contribution in [3.05, 3.63) is 11.8 Å². The van der Waals surface area contributed by atoms with Gasteiger partial charge in [-0.15, -0.1) is 0 Å². The van der Waals surface area contributed by atoms with Crippen LogP contribution in [0.1, 0.15) is 31.4 Å². The van der Waals surface area contributed by atoms with Crippen LogP contribution in [0.2, 0.25) is 0 Å². The number of anilines is 2. The van der Waals surface area contributed by atoms with Crippen LogP contribution in [-0.4, -0.2) is 27.2 Å². The number of nitrogens with zero attached hydrogens (tertiary/aromatic N) is 2. The van der Waals surface area contributed by atoms with Gasteiger partial charge in [-0.2, -0.15) is 4.98 Å². The van der Waals surface area contributed by atoms with Crippen molar-refractivity contribution < 1.29 is 5.11 Å². The Labute approximate surface area is 101 Å². The van der Waals surface area contributed by atoms with Crippen LogP contribution >= 0.6 is 0 Å². The molecule has 1 aromatic heterocycles. The predicted molar refractivity (Wildman–Crippen MR) is 66.5 cm³/mol. The van der Waals surface area contributed by atoms with Crippen molar-refractivity contribution >= 4 is 11.8 Å². The third-order valence-corrected chi connectivity index (χ3v) is 3.03. The minimum atomic E-state index is -0.138. The van der Waals surface area contributed by atoms with Crippen LogP contribution in [0, 0.1) is 6.92 Å². The monoisotopic (exact) mass is 237 g/mol. The summed E-state index contributed by atoms with van der Waals surface area (Å²) in [5.41, 5.74) is 3.32. The van der Waals surface area contributed by atoms with Gasteiger partial charge in [-0.3, -0.25) is 5.43 Å². The topological polar surface area (TPSA) is 96.1 Å². The second kappa shape index (κ2) is 5.29. The molecule has 0 saturated heterocycles. The second-order valence-electron chi connectivity index (χ2n) is 4.51. The van der Waals surface area contributed by atoms with Crippen molar-refractivity contribution in [1.82, 2.24) is 9.97 Å². The zero-order chi connectivity index (χ0) is 12.3. The SMILES string of the molecule is Cc1cc(NC2CCC(O)CC2)nc(NN)n1. The zero-order valence-corrected chi connectivity index (χ0v) is 9.98. The molecule has 1 saturated carbocycles. The lowest BCUT2D eigenvalue weighted by atomic mass is 9.93. The molecule has 1 fully saturated rings. The van der Waals surface area contributed by atoms with Gasteiger partial charge in [0.15, 0.2) is 0 Å². The fraction of sp³-hybridized carbons (Fsp3) is 0.636. The normalized spacial score (nSPS) is 24.4. The summed E-state index contributed by atoms with van der Waals surface area (Å²) < 4.78 is 0. The number of aryl methyl sites for hydroxylation is 1. The molecule has 1 heterocycles. The summed E-state index contributed by atoms with van der Waals surface area (Å²) in [5.74, 6) is 6.51. The smallest absolute Gasteiger partial charge is 0.239 e. The number of hydrogen-bond donors (Lipinski definition) is 4. The Morgan fingerprint density at radius 1 is 1.29 bits per heavy atom. The zero-order valence-electron chi connectivity index (χ0n) is 9.98. The van der Waals surface area contributed by atoms with Crippen LogP contribution in [0.5, 0.6) is 0 Å². The molecule has 94 valence electrons. The van der Waals surface area contributed by atoms with Crippen LogP contribution in [0.4, 0.5) is 11.8 Å². The molecule has 0 amide bonds. The first-order chi connectivity index (χ1) is 8.17. The van der Waals surface area contributed by atoms with Crippen LogP contribution in [0.3, 0.4) is 0 Å². The molecule has 1 aliphatic rings. The lowest BCUT2D eigenvalue weighted by Crippen LogP contribution is -2.28. The summed E-state index contributed by atoms with van der Waals surface area (Å²) in [6.45, 7) is 1.90. The van der Waals surface area contributed by atoms with Crippen molar-refractivity contribution in [3.8, 4) is 0 Å². The fourth-order valence-electron chi connectivity index (χ4n) is 2.14. The maximum absolute atomic E-state index is 9.44. The lowest BCUT2D eigenvalue weighted by molar-refractivity contribution is 0.126. The third-order valence-electron chi connectivity index (χ3n) is 3.03. The number of nitrogen functional groups attached to an aromatic ring is 1. The van der Waals surface area contributed by atoms with E-state index in [9.17, 15) is 5.11 Å². The van der Waals surface area contributed by atoms with Crippen LogP contribution < -0.4 is 16.6 Å². The van der Waals surface area contributed by atoms with E-state index in [4.69, 9.17) is 5.84 Å². The summed E-state index contributed by atoms with van der Waals surface area (Å²) in [6, 6.07) is 2.27. The first-order valence-electron chi connectivity index (χ1n) is 5.94. The Hall–Kier alpha value is -1.40. The average molecular weight is 237 g/mol. The number of nitrogens with two attached hydrogens (primary N) is 1. The Kier molecular flexibility index (Phi) is 3.75. The molecular weight excluding hydrogens is 218 g/mol. The first kappa shape index (κ1) is 12.1. The van der Waals surface area contributed by atoms with E-state index in [1.807, 2.05) is 13.0 Å². The van der Waals surface area contributed by atoms with E-state index in [0.29, 0.717) is 12.0 Å². The highest BCUT2D eigenvalue weighted by Gasteiger charge is 2.19. The van der Waals surface area contributed by atoms with E-state index >= 15 is 0 Å². The number of hydrogen-bond acceptors (Lipinski definition) is 6. The van der Waals surface area contributed by atoms with E-state index in [1.165, 1.54) is 0 Å². The highest BCUT2D eigenvalue weighted by molar-refractivity contribution is 5.42. The second-order valence-corrected chi connectivity index (χ2v) is 4.51. The minimum Gasteiger partial charge on any atom is -0.393 e. The molecule has 0 aromatic carbocycles. The van der Waals surface area contributed by atoms with Gasteiger partial charge < -0.3 is 10.4 Å². The number of hydrazine groups is 1. The number of aliphatic hydroxyl groups is 1. The van der Waals surface area contributed by atoms with Gasteiger partial charge in [0.2, 0.25) is 5.95 Å². The Balaban J connectivity index is 2.00. The number of aromatic nitrogens is 2. The van der Waals surface area contributed by atoms with Crippen molar-refractivity contribution in [2.45, 2.75) is 44.8 Å². The summed E-state index contributed by atoms with van der Waals surface area (Å²) in [7, 11) is 0. The van der Waals surface area contributed by atoms with E-state index in [0.717, 1.165) is 37.2 Å². The molecule has 0 aliphatic heterocycles. The summed E-state index contributed by atoms with van der Waals surface area (Å²) in [6.07, 6.45) is 3.50. The van der Waals surface area contributed by atoms with Gasteiger partial charge in [-0.05, 0) is 32.6 Å². The molecule has 0 atom stereocenters. The van der Waals surface area contributed by atoms with E-state index < -0.39 is 0 Å². The predicted octanol–water partition coefficient (Wildman–Crippen LogP) is 0.786. The lowest BCUT2D eigenvalue weighted by Gasteiger charge is -2.26. The number of aliphatic hydroxyl groups excluding tert-OH is 1. The number of nitrogens with one attached hydrogen (secondary N) is 2. The van der Waals surface area contributed by atoms with Crippen LogP contribution in [-0.2, 0) is 0 Å². The Bertz CT molecular complexity index is 376. The molecule has 2 rings (SSSR count). The number of rotatable bonds is 3. The summed E-state index contributed by atoms with van der Waals surface area (Å²) >= 11 is 0. The van der Waals surface area contributed by atoms with E-state index in [-0.39, 0.29) is 6.10 Å². The van der Waals surface area contributed by atoms with Gasteiger partial charge in [0.1, 0.15) is 5.82 Å². The van der Waals surface area contributed by atoms with Crippen molar-refractivity contribution in [3.63, 3.8) is 0 Å². The molecule has 17 heavy (non-hydrogen) atoms. The summed E-state index contributed by atoms with van der Waals surface area (Å²) in [4.78, 5) is 8.37. The molecule has 0 unspecified atom stereocenters. The Morgan fingerprint density at radius 3 is 2.65 bits per heavy atom. The van der Waals surface area contributed by atoms with Crippen LogP contribution in [0.15, 0.2) is 6.07 Å². The summed E-state index contributed by atoms with van der Waals surface area (Å²) in [5, 5.41) is 12.8. The maximum Gasteiger partial charge on any atom is 0.239 e. The largest absolute Gasteiger partial charge is 0.393 e. The molecule has 0 radical (unpaired) electrons. The van der Waals surface area contributed by atoms with E-state index in [2.05, 4.69) is 20.7 Å². The fourth-order valence-corrected chi connectivity index (χ4v) is 2.14. The molecule has 6 nitrogen and oxygen atoms in total. The molecule has 6 heteroatoms. The van der Waals surface area contributed by atoms with Crippen molar-refractivity contribution in [2.75, 3.05) is 10.7 Å².